The Bertz CT molecular complexity index is 829. The van der Waals surface area contributed by atoms with Crippen LogP contribution in [0, 0.1) is 0 Å². The minimum atomic E-state index is -4.83. The summed E-state index contributed by atoms with van der Waals surface area (Å²) in [6.45, 7) is 0. The lowest BCUT2D eigenvalue weighted by atomic mass is 10.1. The third-order valence-electron chi connectivity index (χ3n) is 3.48. The molecule has 1 aromatic heterocycles. The smallest absolute Gasteiger partial charge is 0.406 e. The van der Waals surface area contributed by atoms with Crippen LogP contribution in [-0.2, 0) is 6.18 Å². The predicted molar refractivity (Wildman–Crippen MR) is 85.3 cm³/mol. The molecule has 140 valence electrons. The van der Waals surface area contributed by atoms with E-state index in [-0.39, 0.29) is 15.8 Å². The normalized spacial score (nSPS) is 15.0. The molecule has 0 aliphatic heterocycles. The van der Waals surface area contributed by atoms with Crippen molar-refractivity contribution in [3.63, 3.8) is 0 Å². The van der Waals surface area contributed by atoms with E-state index in [1.165, 1.54) is 12.1 Å². The molecule has 26 heavy (non-hydrogen) atoms. The van der Waals surface area contributed by atoms with E-state index >= 15 is 0 Å². The molecule has 1 N–H and O–H groups in total. The lowest BCUT2D eigenvalue weighted by Gasteiger charge is -2.15. The van der Waals surface area contributed by atoms with Crippen LogP contribution in [0.25, 0.3) is 0 Å². The molecule has 1 fully saturated rings. The van der Waals surface area contributed by atoms with Crippen molar-refractivity contribution < 1.29 is 31.1 Å². The number of halogens is 6. The molecule has 2 aromatic rings. The van der Waals surface area contributed by atoms with Crippen molar-refractivity contribution >= 4 is 34.4 Å². The minimum absolute atomic E-state index is 0.00115. The summed E-state index contributed by atoms with van der Waals surface area (Å²) in [5.41, 5.74) is -0.376. The summed E-state index contributed by atoms with van der Waals surface area (Å²) >= 11 is 5.49. The zero-order valence-corrected chi connectivity index (χ0v) is 14.2. The molecule has 1 aromatic carbocycles. The Morgan fingerprint density at radius 3 is 2.46 bits per heavy atom. The van der Waals surface area contributed by atoms with E-state index in [9.17, 15) is 26.3 Å². The highest BCUT2D eigenvalue weighted by Gasteiger charge is 2.39. The van der Waals surface area contributed by atoms with Crippen molar-refractivity contribution in [3.05, 3.63) is 34.3 Å². The molecule has 0 unspecified atom stereocenters. The first-order chi connectivity index (χ1) is 12.0. The maximum absolute atomic E-state index is 12.9. The largest absolute Gasteiger partial charge is 0.573 e. The van der Waals surface area contributed by atoms with Gasteiger partial charge in [0.25, 0.3) is 0 Å². The summed E-state index contributed by atoms with van der Waals surface area (Å²) < 4.78 is 83.0. The average molecular weight is 413 g/mol. The Balaban J connectivity index is 1.86. The second-order valence-electron chi connectivity index (χ2n) is 5.47. The fourth-order valence-corrected chi connectivity index (χ4v) is 3.19. The highest BCUT2D eigenvalue weighted by atomic mass is 32.1. The monoisotopic (exact) mass is 413 g/mol. The number of nitrogens with one attached hydrogen (secondary N) is 1. The Hall–Kier alpha value is -1.95. The van der Waals surface area contributed by atoms with Crippen LogP contribution in [0.1, 0.15) is 34.9 Å². The van der Waals surface area contributed by atoms with Gasteiger partial charge in [0.1, 0.15) is 15.6 Å². The van der Waals surface area contributed by atoms with Crippen molar-refractivity contribution in [3.8, 4) is 5.75 Å². The van der Waals surface area contributed by atoms with E-state index in [2.05, 4.69) is 19.6 Å². The number of aromatic nitrogens is 2. The summed E-state index contributed by atoms with van der Waals surface area (Å²) in [7, 11) is 0. The van der Waals surface area contributed by atoms with Crippen LogP contribution in [0.3, 0.4) is 0 Å². The van der Waals surface area contributed by atoms with E-state index in [0.29, 0.717) is 22.8 Å². The van der Waals surface area contributed by atoms with Gasteiger partial charge in [0.05, 0.1) is 0 Å². The van der Waals surface area contributed by atoms with Crippen LogP contribution >= 0.6 is 23.8 Å². The van der Waals surface area contributed by atoms with E-state index in [1.54, 1.807) is 0 Å². The van der Waals surface area contributed by atoms with Crippen LogP contribution in [0.5, 0.6) is 5.75 Å². The molecule has 0 atom stereocenters. The Kier molecular flexibility index (Phi) is 4.82. The van der Waals surface area contributed by atoms with E-state index in [1.807, 2.05) is 0 Å². The number of rotatable bonds is 4. The van der Waals surface area contributed by atoms with Gasteiger partial charge in [-0.3, -0.25) is 0 Å². The molecule has 1 heterocycles. The van der Waals surface area contributed by atoms with Crippen molar-refractivity contribution in [2.24, 2.45) is 0 Å². The van der Waals surface area contributed by atoms with Crippen LogP contribution in [0.2, 0.25) is 0 Å². The van der Waals surface area contributed by atoms with Crippen molar-refractivity contribution in [1.29, 1.82) is 0 Å². The van der Waals surface area contributed by atoms with Gasteiger partial charge >= 0.3 is 12.5 Å². The number of nitrogens with zero attached hydrogens (tertiary/aromatic N) is 2. The SMILES string of the molecule is FC(F)(F)Oc1ccc(NC(=S)c2snnc2C(F)(F)F)c(C2CC2)c1. The summed E-state index contributed by atoms with van der Waals surface area (Å²) in [5, 5.41) is 5.71. The summed E-state index contributed by atoms with van der Waals surface area (Å²) in [4.78, 5) is -0.608. The van der Waals surface area contributed by atoms with Crippen LogP contribution in [-0.4, -0.2) is 20.9 Å². The quantitative estimate of drug-likeness (QED) is 0.557. The molecule has 4 nitrogen and oxygen atoms in total. The lowest BCUT2D eigenvalue weighted by molar-refractivity contribution is -0.274. The number of benzene rings is 1. The highest BCUT2D eigenvalue weighted by molar-refractivity contribution is 7.81. The average Bonchev–Trinajstić information content (AvgIpc) is 3.21. The summed E-state index contributed by atoms with van der Waals surface area (Å²) in [6.07, 6.45) is -8.03. The third-order valence-corrected chi connectivity index (χ3v) is 4.66. The highest BCUT2D eigenvalue weighted by Crippen LogP contribution is 2.45. The van der Waals surface area contributed by atoms with E-state index in [4.69, 9.17) is 12.2 Å². The minimum Gasteiger partial charge on any atom is -0.406 e. The first-order valence-electron chi connectivity index (χ1n) is 7.15. The number of thiocarbonyl (C=S) groups is 1. The number of hydrogen-bond acceptors (Lipinski definition) is 5. The van der Waals surface area contributed by atoms with Gasteiger partial charge in [-0.2, -0.15) is 13.2 Å². The molecule has 0 amide bonds. The number of ether oxygens (including phenoxy) is 1. The van der Waals surface area contributed by atoms with Gasteiger partial charge in [-0.25, -0.2) is 0 Å². The van der Waals surface area contributed by atoms with Gasteiger partial charge in [-0.1, -0.05) is 16.7 Å². The van der Waals surface area contributed by atoms with Crippen molar-refractivity contribution in [2.75, 3.05) is 5.32 Å². The van der Waals surface area contributed by atoms with Gasteiger partial charge in [0.15, 0.2) is 5.69 Å². The molecule has 1 aliphatic carbocycles. The molecule has 1 saturated carbocycles. The lowest BCUT2D eigenvalue weighted by Crippen LogP contribution is -2.18. The van der Waals surface area contributed by atoms with Gasteiger partial charge in [-0.15, -0.1) is 18.3 Å². The first kappa shape index (κ1) is 18.8. The second kappa shape index (κ2) is 6.65. The number of alkyl halides is 6. The number of anilines is 1. The van der Waals surface area contributed by atoms with Crippen LogP contribution < -0.4 is 10.1 Å². The summed E-state index contributed by atoms with van der Waals surface area (Å²) in [5.74, 6) is -0.398. The standard InChI is InChI=1S/C14H9F6N3OS2/c15-13(16,17)11-10(26-23-22-11)12(25)21-9-4-3-7(24-14(18,19)20)5-8(9)6-1-2-6/h3-6H,1-2H2,(H,21,25). The van der Waals surface area contributed by atoms with Gasteiger partial charge in [-0.05, 0) is 54.1 Å². The second-order valence-corrected chi connectivity index (χ2v) is 6.64. The van der Waals surface area contributed by atoms with Gasteiger partial charge in [0, 0.05) is 5.69 Å². The van der Waals surface area contributed by atoms with Gasteiger partial charge < -0.3 is 10.1 Å². The van der Waals surface area contributed by atoms with Crippen LogP contribution in [0.15, 0.2) is 18.2 Å². The number of hydrogen-bond donors (Lipinski definition) is 1. The van der Waals surface area contributed by atoms with E-state index in [0.717, 1.165) is 18.9 Å². The molecule has 0 saturated heterocycles. The van der Waals surface area contributed by atoms with Crippen molar-refractivity contribution in [2.45, 2.75) is 31.3 Å². The Morgan fingerprint density at radius 2 is 1.88 bits per heavy atom. The molecule has 1 aliphatic rings. The zero-order chi connectivity index (χ0) is 19.1. The maximum atomic E-state index is 12.9. The fourth-order valence-electron chi connectivity index (χ4n) is 2.29. The molecular weight excluding hydrogens is 404 g/mol. The summed E-state index contributed by atoms with van der Waals surface area (Å²) in [6, 6.07) is 3.58. The predicted octanol–water partition coefficient (Wildman–Crippen LogP) is 5.12. The van der Waals surface area contributed by atoms with Gasteiger partial charge in [0.2, 0.25) is 0 Å². The molecular formula is C14H9F6N3OS2. The topological polar surface area (TPSA) is 47.0 Å². The molecule has 3 rings (SSSR count). The fraction of sp³-hybridized carbons (Fsp3) is 0.357. The molecule has 0 radical (unpaired) electrons. The third kappa shape index (κ3) is 4.41. The van der Waals surface area contributed by atoms with E-state index < -0.39 is 24.0 Å². The molecule has 0 bridgehead atoms. The Morgan fingerprint density at radius 1 is 1.19 bits per heavy atom. The molecule has 0 spiro atoms. The maximum Gasteiger partial charge on any atom is 0.573 e. The first-order valence-corrected chi connectivity index (χ1v) is 8.33. The van der Waals surface area contributed by atoms with Crippen molar-refractivity contribution in [1.82, 2.24) is 9.59 Å². The Labute approximate surface area is 152 Å². The molecule has 12 heteroatoms. The zero-order valence-electron chi connectivity index (χ0n) is 12.6. The van der Waals surface area contributed by atoms with Crippen LogP contribution in [0.4, 0.5) is 32.0 Å².